The van der Waals surface area contributed by atoms with Crippen molar-refractivity contribution in [2.24, 2.45) is 11.8 Å². The van der Waals surface area contributed by atoms with E-state index in [1.807, 2.05) is 12.1 Å². The molecule has 0 saturated carbocycles. The van der Waals surface area contributed by atoms with Gasteiger partial charge >= 0.3 is 5.51 Å². The number of rotatable bonds is 3. The zero-order valence-electron chi connectivity index (χ0n) is 11.7. The number of nitrogens with one attached hydrogen (secondary N) is 1. The van der Waals surface area contributed by atoms with Gasteiger partial charge in [-0.05, 0) is 67.3 Å². The number of hydrogen-bond acceptors (Lipinski definition) is 3. The zero-order valence-corrected chi connectivity index (χ0v) is 12.5. The van der Waals surface area contributed by atoms with Crippen molar-refractivity contribution >= 4 is 11.8 Å². The normalized spacial score (nSPS) is 26.8. The van der Waals surface area contributed by atoms with Gasteiger partial charge in [0.25, 0.3) is 0 Å². The Bertz CT molecular complexity index is 475. The summed E-state index contributed by atoms with van der Waals surface area (Å²) in [6, 6.07) is 6.76. The Morgan fingerprint density at radius 3 is 2.57 bits per heavy atom. The second kappa shape index (κ2) is 6.18. The first-order valence-corrected chi connectivity index (χ1v) is 8.09. The average molecular weight is 316 g/mol. The van der Waals surface area contributed by atoms with Crippen LogP contribution in [0.15, 0.2) is 29.2 Å². The highest BCUT2D eigenvalue weighted by molar-refractivity contribution is 8.00. The first kappa shape index (κ1) is 15.2. The molecule has 0 spiro atoms. The van der Waals surface area contributed by atoms with Crippen molar-refractivity contribution in [2.45, 2.75) is 23.4 Å². The number of benzene rings is 1. The monoisotopic (exact) mass is 316 g/mol. The van der Waals surface area contributed by atoms with Gasteiger partial charge in [-0.3, -0.25) is 4.90 Å². The molecule has 2 fully saturated rings. The molecule has 0 radical (unpaired) electrons. The fraction of sp³-hybridized carbons (Fsp3) is 0.600. The van der Waals surface area contributed by atoms with Crippen LogP contribution in [-0.2, 0) is 6.54 Å². The third-order valence-electron chi connectivity index (χ3n) is 4.35. The summed E-state index contributed by atoms with van der Waals surface area (Å²) in [6.45, 7) is 5.25. The van der Waals surface area contributed by atoms with Crippen molar-refractivity contribution in [3.8, 4) is 0 Å². The SMILES string of the molecule is FC(F)(F)Sc1ccc(CN2CCC3CNCC3C2)cc1. The number of alkyl halides is 3. The van der Waals surface area contributed by atoms with Crippen molar-refractivity contribution < 1.29 is 13.2 Å². The number of hydrogen-bond donors (Lipinski definition) is 1. The van der Waals surface area contributed by atoms with Crippen LogP contribution in [0.3, 0.4) is 0 Å². The van der Waals surface area contributed by atoms with E-state index in [-0.39, 0.29) is 16.7 Å². The lowest BCUT2D eigenvalue weighted by Gasteiger charge is -2.34. The number of piperidine rings is 1. The summed E-state index contributed by atoms with van der Waals surface area (Å²) < 4.78 is 36.9. The molecule has 6 heteroatoms. The van der Waals surface area contributed by atoms with E-state index in [0.29, 0.717) is 0 Å². The first-order valence-electron chi connectivity index (χ1n) is 7.27. The van der Waals surface area contributed by atoms with Gasteiger partial charge < -0.3 is 5.32 Å². The standard InChI is InChI=1S/C15H19F3N2S/c16-15(17,18)21-14-3-1-11(2-4-14)9-20-6-5-12-7-19-8-13(12)10-20/h1-4,12-13,19H,5-10H2. The highest BCUT2D eigenvalue weighted by Crippen LogP contribution is 2.36. The summed E-state index contributed by atoms with van der Waals surface area (Å²) in [6.07, 6.45) is 1.22. The van der Waals surface area contributed by atoms with E-state index in [1.54, 1.807) is 12.1 Å². The number of halogens is 3. The van der Waals surface area contributed by atoms with Gasteiger partial charge in [-0.2, -0.15) is 13.2 Å². The molecule has 1 aromatic rings. The minimum atomic E-state index is -4.21. The van der Waals surface area contributed by atoms with E-state index in [9.17, 15) is 13.2 Å². The molecular weight excluding hydrogens is 297 g/mol. The number of fused-ring (bicyclic) bond motifs is 1. The van der Waals surface area contributed by atoms with E-state index in [0.717, 1.165) is 50.1 Å². The highest BCUT2D eigenvalue weighted by atomic mass is 32.2. The summed E-state index contributed by atoms with van der Waals surface area (Å²) in [5.74, 6) is 1.55. The topological polar surface area (TPSA) is 15.3 Å². The van der Waals surface area contributed by atoms with Gasteiger partial charge in [-0.25, -0.2) is 0 Å². The van der Waals surface area contributed by atoms with E-state index >= 15 is 0 Å². The summed E-state index contributed by atoms with van der Waals surface area (Å²) in [4.78, 5) is 2.67. The Kier molecular flexibility index (Phi) is 4.47. The minimum Gasteiger partial charge on any atom is -0.316 e. The molecular formula is C15H19F3N2S. The molecule has 2 heterocycles. The molecule has 0 amide bonds. The molecule has 21 heavy (non-hydrogen) atoms. The molecule has 2 atom stereocenters. The Balaban J connectivity index is 1.55. The fourth-order valence-electron chi connectivity index (χ4n) is 3.31. The van der Waals surface area contributed by atoms with Crippen LogP contribution in [-0.4, -0.2) is 36.6 Å². The van der Waals surface area contributed by atoms with Gasteiger partial charge in [0.2, 0.25) is 0 Å². The maximum absolute atomic E-state index is 12.3. The van der Waals surface area contributed by atoms with E-state index in [2.05, 4.69) is 10.2 Å². The summed E-state index contributed by atoms with van der Waals surface area (Å²) in [5.41, 5.74) is -3.12. The lowest BCUT2D eigenvalue weighted by Crippen LogP contribution is -2.39. The Morgan fingerprint density at radius 1 is 1.14 bits per heavy atom. The van der Waals surface area contributed by atoms with Crippen molar-refractivity contribution in [1.82, 2.24) is 10.2 Å². The maximum atomic E-state index is 12.3. The summed E-state index contributed by atoms with van der Waals surface area (Å²) in [5, 5.41) is 3.44. The molecule has 0 aromatic heterocycles. The maximum Gasteiger partial charge on any atom is 0.446 e. The van der Waals surface area contributed by atoms with Crippen molar-refractivity contribution in [3.63, 3.8) is 0 Å². The molecule has 2 saturated heterocycles. The zero-order chi connectivity index (χ0) is 14.9. The lowest BCUT2D eigenvalue weighted by molar-refractivity contribution is -0.0328. The van der Waals surface area contributed by atoms with Crippen LogP contribution in [0, 0.1) is 11.8 Å². The van der Waals surface area contributed by atoms with E-state index in [1.165, 1.54) is 6.42 Å². The molecule has 1 N–H and O–H groups in total. The molecule has 1 aromatic carbocycles. The molecule has 0 bridgehead atoms. The van der Waals surface area contributed by atoms with Gasteiger partial charge in [0.1, 0.15) is 0 Å². The van der Waals surface area contributed by atoms with Gasteiger partial charge in [0.15, 0.2) is 0 Å². The minimum absolute atomic E-state index is 0.0538. The summed E-state index contributed by atoms with van der Waals surface area (Å²) in [7, 11) is 0. The molecule has 2 nitrogen and oxygen atoms in total. The smallest absolute Gasteiger partial charge is 0.316 e. The largest absolute Gasteiger partial charge is 0.446 e. The average Bonchev–Trinajstić information content (AvgIpc) is 2.87. The predicted octanol–water partition coefficient (Wildman–Crippen LogP) is 3.34. The van der Waals surface area contributed by atoms with Crippen LogP contribution < -0.4 is 5.32 Å². The van der Waals surface area contributed by atoms with Crippen LogP contribution in [0.25, 0.3) is 0 Å². The van der Waals surface area contributed by atoms with E-state index in [4.69, 9.17) is 0 Å². The van der Waals surface area contributed by atoms with Gasteiger partial charge in [0, 0.05) is 18.0 Å². The number of likely N-dealkylation sites (tertiary alicyclic amines) is 1. The van der Waals surface area contributed by atoms with Crippen molar-refractivity contribution in [2.75, 3.05) is 26.2 Å². The van der Waals surface area contributed by atoms with Gasteiger partial charge in [-0.15, -0.1) is 0 Å². The second-order valence-corrected chi connectivity index (χ2v) is 7.03. The third kappa shape index (κ3) is 4.14. The molecule has 2 unspecified atom stereocenters. The van der Waals surface area contributed by atoms with Gasteiger partial charge in [-0.1, -0.05) is 12.1 Å². The quantitative estimate of drug-likeness (QED) is 0.861. The third-order valence-corrected chi connectivity index (χ3v) is 5.09. The molecule has 3 rings (SSSR count). The summed E-state index contributed by atoms with van der Waals surface area (Å²) >= 11 is -0.0538. The first-order chi connectivity index (χ1) is 9.99. The fourth-order valence-corrected chi connectivity index (χ4v) is 3.85. The van der Waals surface area contributed by atoms with Crippen LogP contribution in [0.2, 0.25) is 0 Å². The van der Waals surface area contributed by atoms with Crippen molar-refractivity contribution in [3.05, 3.63) is 29.8 Å². The second-order valence-electron chi connectivity index (χ2n) is 5.89. The van der Waals surface area contributed by atoms with Crippen LogP contribution in [0.4, 0.5) is 13.2 Å². The van der Waals surface area contributed by atoms with E-state index < -0.39 is 5.51 Å². The Hall–Kier alpha value is -0.720. The van der Waals surface area contributed by atoms with Crippen LogP contribution >= 0.6 is 11.8 Å². The van der Waals surface area contributed by atoms with Crippen LogP contribution in [0.5, 0.6) is 0 Å². The highest BCUT2D eigenvalue weighted by Gasteiger charge is 2.32. The number of nitrogens with zero attached hydrogens (tertiary/aromatic N) is 1. The van der Waals surface area contributed by atoms with Gasteiger partial charge in [0.05, 0.1) is 0 Å². The predicted molar refractivity (Wildman–Crippen MR) is 78.1 cm³/mol. The van der Waals surface area contributed by atoms with Crippen molar-refractivity contribution in [1.29, 1.82) is 0 Å². The van der Waals surface area contributed by atoms with Crippen LogP contribution in [0.1, 0.15) is 12.0 Å². The Morgan fingerprint density at radius 2 is 1.86 bits per heavy atom. The number of thioether (sulfide) groups is 1. The molecule has 116 valence electrons. The lowest BCUT2D eigenvalue weighted by atomic mass is 9.88. The molecule has 2 aliphatic rings. The Labute approximate surface area is 127 Å². The molecule has 0 aliphatic carbocycles. The molecule has 2 aliphatic heterocycles.